The molecule has 0 aliphatic carbocycles. The second-order valence-electron chi connectivity index (χ2n) is 5.10. The number of amides is 2. The van der Waals surface area contributed by atoms with Gasteiger partial charge in [-0.25, -0.2) is 0 Å². The van der Waals surface area contributed by atoms with Gasteiger partial charge >= 0.3 is 0 Å². The van der Waals surface area contributed by atoms with Gasteiger partial charge < -0.3 is 16.4 Å². The topological polar surface area (TPSA) is 87.5 Å². The average Bonchev–Trinajstić information content (AvgIpc) is 2.43. The maximum absolute atomic E-state index is 12.1. The first-order chi connectivity index (χ1) is 9.97. The van der Waals surface area contributed by atoms with Gasteiger partial charge in [0.2, 0.25) is 11.8 Å². The van der Waals surface area contributed by atoms with Crippen molar-refractivity contribution >= 4 is 29.1 Å². The van der Waals surface area contributed by atoms with Crippen LogP contribution < -0.4 is 16.4 Å². The van der Waals surface area contributed by atoms with Gasteiger partial charge in [-0.1, -0.05) is 17.7 Å². The Morgan fingerprint density at radius 2 is 2.29 bits per heavy atom. The highest BCUT2D eigenvalue weighted by molar-refractivity contribution is 6.31. The molecule has 4 N–H and O–H groups in total. The van der Waals surface area contributed by atoms with Crippen molar-refractivity contribution in [1.29, 1.82) is 0 Å². The van der Waals surface area contributed by atoms with Gasteiger partial charge in [0.1, 0.15) is 6.04 Å². The molecule has 1 aromatic carbocycles. The standard InChI is InChI=1S/C14H19ClN4O2/c1-9-2-3-10(6-11(9)15)18-13(20)8-19-5-4-17-7-12(19)14(16)21/h2-3,6,12,17H,4-5,7-8H2,1H3,(H2,16,21)(H,18,20). The Balaban J connectivity index is 1.97. The molecule has 1 aliphatic rings. The number of nitrogens with one attached hydrogen (secondary N) is 2. The summed E-state index contributed by atoms with van der Waals surface area (Å²) in [5.41, 5.74) is 6.94. The minimum absolute atomic E-state index is 0.126. The summed E-state index contributed by atoms with van der Waals surface area (Å²) in [6.45, 7) is 3.83. The second kappa shape index (κ2) is 6.89. The Kier molecular flexibility index (Phi) is 5.17. The lowest BCUT2D eigenvalue weighted by Gasteiger charge is -2.33. The molecule has 2 rings (SSSR count). The number of hydrogen-bond donors (Lipinski definition) is 3. The van der Waals surface area contributed by atoms with Crippen LogP contribution in [0.2, 0.25) is 5.02 Å². The Bertz CT molecular complexity index is 550. The highest BCUT2D eigenvalue weighted by atomic mass is 35.5. The van der Waals surface area contributed by atoms with E-state index in [1.807, 2.05) is 13.0 Å². The number of carbonyl (C=O) groups excluding carboxylic acids is 2. The number of anilines is 1. The molecule has 1 aliphatic heterocycles. The highest BCUT2D eigenvalue weighted by Gasteiger charge is 2.28. The third-order valence-corrected chi connectivity index (χ3v) is 3.89. The van der Waals surface area contributed by atoms with Crippen molar-refractivity contribution in [3.05, 3.63) is 28.8 Å². The highest BCUT2D eigenvalue weighted by Crippen LogP contribution is 2.19. The molecule has 114 valence electrons. The summed E-state index contributed by atoms with van der Waals surface area (Å²) in [7, 11) is 0. The first kappa shape index (κ1) is 15.8. The van der Waals surface area contributed by atoms with Gasteiger partial charge in [-0.2, -0.15) is 0 Å². The van der Waals surface area contributed by atoms with Crippen LogP contribution in [0.4, 0.5) is 5.69 Å². The van der Waals surface area contributed by atoms with Gasteiger partial charge in [0.25, 0.3) is 0 Å². The van der Waals surface area contributed by atoms with E-state index in [2.05, 4.69) is 10.6 Å². The van der Waals surface area contributed by atoms with Crippen LogP contribution in [0.15, 0.2) is 18.2 Å². The van der Waals surface area contributed by atoms with Crippen LogP contribution >= 0.6 is 11.6 Å². The third kappa shape index (κ3) is 4.17. The number of nitrogens with two attached hydrogens (primary N) is 1. The number of primary amides is 1. The zero-order chi connectivity index (χ0) is 15.4. The molecule has 1 fully saturated rings. The van der Waals surface area contributed by atoms with Crippen molar-refractivity contribution in [3.63, 3.8) is 0 Å². The van der Waals surface area contributed by atoms with Crippen LogP contribution in [0.25, 0.3) is 0 Å². The molecule has 1 unspecified atom stereocenters. The van der Waals surface area contributed by atoms with Crippen LogP contribution in [0.1, 0.15) is 5.56 Å². The molecule has 0 aromatic heterocycles. The van der Waals surface area contributed by atoms with Crippen molar-refractivity contribution < 1.29 is 9.59 Å². The summed E-state index contributed by atoms with van der Waals surface area (Å²) in [6, 6.07) is 4.89. The molecule has 0 spiro atoms. The van der Waals surface area contributed by atoms with Crippen LogP contribution in [0.3, 0.4) is 0 Å². The number of hydrogen-bond acceptors (Lipinski definition) is 4. The predicted octanol–water partition coefficient (Wildman–Crippen LogP) is 0.346. The fourth-order valence-corrected chi connectivity index (χ4v) is 2.45. The van der Waals surface area contributed by atoms with E-state index in [0.29, 0.717) is 23.8 Å². The van der Waals surface area contributed by atoms with Crippen molar-refractivity contribution in [2.75, 3.05) is 31.5 Å². The predicted molar refractivity (Wildman–Crippen MR) is 82.2 cm³/mol. The van der Waals surface area contributed by atoms with E-state index in [9.17, 15) is 9.59 Å². The minimum Gasteiger partial charge on any atom is -0.368 e. The molecular weight excluding hydrogens is 292 g/mol. The van der Waals surface area contributed by atoms with Crippen LogP contribution in [0, 0.1) is 6.92 Å². The number of piperazine rings is 1. The molecule has 1 aromatic rings. The molecule has 0 saturated carbocycles. The molecule has 1 atom stereocenters. The van der Waals surface area contributed by atoms with E-state index >= 15 is 0 Å². The van der Waals surface area contributed by atoms with Crippen molar-refractivity contribution in [2.45, 2.75) is 13.0 Å². The van der Waals surface area contributed by atoms with E-state index in [0.717, 1.165) is 12.1 Å². The Hall–Kier alpha value is -1.63. The number of carbonyl (C=O) groups is 2. The zero-order valence-corrected chi connectivity index (χ0v) is 12.6. The fourth-order valence-electron chi connectivity index (χ4n) is 2.27. The molecule has 0 radical (unpaired) electrons. The number of aryl methyl sites for hydroxylation is 1. The zero-order valence-electron chi connectivity index (χ0n) is 11.9. The van der Waals surface area contributed by atoms with E-state index in [1.165, 1.54) is 0 Å². The lowest BCUT2D eigenvalue weighted by Crippen LogP contribution is -2.58. The van der Waals surface area contributed by atoms with E-state index in [4.69, 9.17) is 17.3 Å². The van der Waals surface area contributed by atoms with E-state index < -0.39 is 11.9 Å². The number of benzene rings is 1. The lowest BCUT2D eigenvalue weighted by atomic mass is 10.2. The summed E-state index contributed by atoms with van der Waals surface area (Å²) in [5, 5.41) is 6.47. The SMILES string of the molecule is Cc1ccc(NC(=O)CN2CCNCC2C(N)=O)cc1Cl. The third-order valence-electron chi connectivity index (χ3n) is 3.48. The molecular formula is C14H19ClN4O2. The molecule has 1 saturated heterocycles. The number of rotatable bonds is 4. The monoisotopic (exact) mass is 310 g/mol. The molecule has 7 heteroatoms. The van der Waals surface area contributed by atoms with Crippen LogP contribution in [-0.2, 0) is 9.59 Å². The van der Waals surface area contributed by atoms with E-state index in [-0.39, 0.29) is 12.5 Å². The number of nitrogens with zero attached hydrogens (tertiary/aromatic N) is 1. The normalized spacial score (nSPS) is 19.2. The lowest BCUT2D eigenvalue weighted by molar-refractivity contribution is -0.125. The van der Waals surface area contributed by atoms with Gasteiger partial charge in [-0.15, -0.1) is 0 Å². The maximum atomic E-state index is 12.1. The Labute approximate surface area is 128 Å². The Morgan fingerprint density at radius 1 is 1.52 bits per heavy atom. The van der Waals surface area contributed by atoms with Crippen molar-refractivity contribution in [3.8, 4) is 0 Å². The van der Waals surface area contributed by atoms with Crippen LogP contribution in [-0.4, -0.2) is 48.9 Å². The molecule has 1 heterocycles. The van der Waals surface area contributed by atoms with Crippen LogP contribution in [0.5, 0.6) is 0 Å². The first-order valence-corrected chi connectivity index (χ1v) is 7.15. The van der Waals surface area contributed by atoms with Crippen molar-refractivity contribution in [1.82, 2.24) is 10.2 Å². The summed E-state index contributed by atoms with van der Waals surface area (Å²) < 4.78 is 0. The Morgan fingerprint density at radius 3 is 2.95 bits per heavy atom. The minimum atomic E-state index is -0.453. The largest absolute Gasteiger partial charge is 0.368 e. The van der Waals surface area contributed by atoms with Gasteiger partial charge in [0.05, 0.1) is 6.54 Å². The molecule has 6 nitrogen and oxygen atoms in total. The van der Waals surface area contributed by atoms with Crippen molar-refractivity contribution in [2.24, 2.45) is 5.73 Å². The van der Waals surface area contributed by atoms with Gasteiger partial charge in [0.15, 0.2) is 0 Å². The number of halogens is 1. The van der Waals surface area contributed by atoms with Gasteiger partial charge in [0, 0.05) is 30.3 Å². The molecule has 2 amide bonds. The van der Waals surface area contributed by atoms with Gasteiger partial charge in [-0.05, 0) is 24.6 Å². The quantitative estimate of drug-likeness (QED) is 0.748. The molecule has 0 bridgehead atoms. The van der Waals surface area contributed by atoms with E-state index in [1.54, 1.807) is 17.0 Å². The second-order valence-corrected chi connectivity index (χ2v) is 5.51. The van der Waals surface area contributed by atoms with Gasteiger partial charge in [-0.3, -0.25) is 14.5 Å². The molecule has 21 heavy (non-hydrogen) atoms. The first-order valence-electron chi connectivity index (χ1n) is 6.77. The summed E-state index contributed by atoms with van der Waals surface area (Å²) in [6.07, 6.45) is 0. The fraction of sp³-hybridized carbons (Fsp3) is 0.429. The summed E-state index contributed by atoms with van der Waals surface area (Å²) >= 11 is 6.02. The average molecular weight is 311 g/mol. The smallest absolute Gasteiger partial charge is 0.238 e. The maximum Gasteiger partial charge on any atom is 0.238 e. The summed E-state index contributed by atoms with van der Waals surface area (Å²) in [4.78, 5) is 25.2. The summed E-state index contributed by atoms with van der Waals surface area (Å²) in [5.74, 6) is -0.614.